The number of hydrogen-bond donors (Lipinski definition) is 1. The summed E-state index contributed by atoms with van der Waals surface area (Å²) in [5, 5.41) is 5.58. The van der Waals surface area contributed by atoms with Crippen LogP contribution in [0.4, 0.5) is 0 Å². The first-order valence-corrected chi connectivity index (χ1v) is 6.99. The van der Waals surface area contributed by atoms with Crippen LogP contribution in [0.1, 0.15) is 22.5 Å². The average Bonchev–Trinajstić information content (AvgIpc) is 3.13. The lowest BCUT2D eigenvalue weighted by Gasteiger charge is -2.16. The van der Waals surface area contributed by atoms with Crippen LogP contribution in [0.3, 0.4) is 0 Å². The zero-order chi connectivity index (χ0) is 13.1. The Bertz CT molecular complexity index is 613. The van der Waals surface area contributed by atoms with E-state index in [9.17, 15) is 0 Å². The number of nitrogens with one attached hydrogen (secondary N) is 1. The summed E-state index contributed by atoms with van der Waals surface area (Å²) in [6, 6.07) is 8.02. The molecule has 0 fully saturated rings. The SMILES string of the molecule is Cn1ccnc1C(NCc1cccs1)c1ccco1. The minimum Gasteiger partial charge on any atom is -0.467 e. The van der Waals surface area contributed by atoms with Crippen LogP contribution in [0.5, 0.6) is 0 Å². The number of aromatic nitrogens is 2. The van der Waals surface area contributed by atoms with Crippen LogP contribution in [0.25, 0.3) is 0 Å². The van der Waals surface area contributed by atoms with Gasteiger partial charge < -0.3 is 8.98 Å². The minimum atomic E-state index is -0.0305. The van der Waals surface area contributed by atoms with E-state index in [0.29, 0.717) is 0 Å². The zero-order valence-corrected chi connectivity index (χ0v) is 11.4. The molecule has 0 saturated heterocycles. The summed E-state index contributed by atoms with van der Waals surface area (Å²) in [5.74, 6) is 1.83. The van der Waals surface area contributed by atoms with Gasteiger partial charge in [-0.05, 0) is 23.6 Å². The molecule has 1 N–H and O–H groups in total. The van der Waals surface area contributed by atoms with Gasteiger partial charge in [0.15, 0.2) is 0 Å². The topological polar surface area (TPSA) is 43.0 Å². The zero-order valence-electron chi connectivity index (χ0n) is 10.6. The second-order valence-electron chi connectivity index (χ2n) is 4.31. The highest BCUT2D eigenvalue weighted by atomic mass is 32.1. The van der Waals surface area contributed by atoms with Gasteiger partial charge in [0.05, 0.1) is 6.26 Å². The standard InChI is InChI=1S/C14H15N3OS/c1-17-7-6-15-14(17)13(12-5-2-8-18-12)16-10-11-4-3-9-19-11/h2-9,13,16H,10H2,1H3. The van der Waals surface area contributed by atoms with Gasteiger partial charge in [0, 0.05) is 30.9 Å². The van der Waals surface area contributed by atoms with E-state index >= 15 is 0 Å². The molecule has 5 heteroatoms. The number of hydrogen-bond acceptors (Lipinski definition) is 4. The summed E-state index contributed by atoms with van der Waals surface area (Å²) in [4.78, 5) is 5.71. The molecule has 1 atom stereocenters. The summed E-state index contributed by atoms with van der Waals surface area (Å²) in [7, 11) is 1.99. The Kier molecular flexibility index (Phi) is 3.48. The van der Waals surface area contributed by atoms with Crippen LogP contribution >= 0.6 is 11.3 Å². The van der Waals surface area contributed by atoms with Gasteiger partial charge in [-0.2, -0.15) is 0 Å². The lowest BCUT2D eigenvalue weighted by Crippen LogP contribution is -2.24. The number of aryl methyl sites for hydroxylation is 1. The van der Waals surface area contributed by atoms with Gasteiger partial charge in [-0.1, -0.05) is 6.07 Å². The first kappa shape index (κ1) is 12.2. The fraction of sp³-hybridized carbons (Fsp3) is 0.214. The van der Waals surface area contributed by atoms with Crippen molar-refractivity contribution < 1.29 is 4.42 Å². The molecule has 0 bridgehead atoms. The molecule has 0 aliphatic heterocycles. The molecule has 0 saturated carbocycles. The van der Waals surface area contributed by atoms with Gasteiger partial charge in [0.25, 0.3) is 0 Å². The van der Waals surface area contributed by atoms with E-state index < -0.39 is 0 Å². The Labute approximate surface area is 115 Å². The van der Waals surface area contributed by atoms with Crippen molar-refractivity contribution in [3.8, 4) is 0 Å². The maximum atomic E-state index is 5.53. The van der Waals surface area contributed by atoms with Crippen molar-refractivity contribution in [3.63, 3.8) is 0 Å². The van der Waals surface area contributed by atoms with Crippen molar-refractivity contribution >= 4 is 11.3 Å². The molecule has 19 heavy (non-hydrogen) atoms. The van der Waals surface area contributed by atoms with Crippen LogP contribution in [-0.2, 0) is 13.6 Å². The summed E-state index contributed by atoms with van der Waals surface area (Å²) in [6.07, 6.45) is 5.44. The molecule has 3 rings (SSSR count). The molecule has 98 valence electrons. The van der Waals surface area contributed by atoms with Crippen LogP contribution in [0.15, 0.2) is 52.7 Å². The Morgan fingerprint density at radius 3 is 3.00 bits per heavy atom. The normalized spacial score (nSPS) is 12.7. The summed E-state index contributed by atoms with van der Waals surface area (Å²) in [6.45, 7) is 0.801. The lowest BCUT2D eigenvalue weighted by molar-refractivity contribution is 0.430. The molecule has 3 aromatic rings. The van der Waals surface area contributed by atoms with Gasteiger partial charge in [0.2, 0.25) is 0 Å². The molecule has 3 heterocycles. The lowest BCUT2D eigenvalue weighted by atomic mass is 10.2. The van der Waals surface area contributed by atoms with E-state index in [4.69, 9.17) is 4.42 Å². The monoisotopic (exact) mass is 273 g/mol. The van der Waals surface area contributed by atoms with E-state index in [0.717, 1.165) is 18.1 Å². The molecule has 0 radical (unpaired) electrons. The Morgan fingerprint density at radius 1 is 1.42 bits per heavy atom. The van der Waals surface area contributed by atoms with Crippen LogP contribution in [0, 0.1) is 0 Å². The van der Waals surface area contributed by atoms with Gasteiger partial charge in [-0.15, -0.1) is 11.3 Å². The van der Waals surface area contributed by atoms with E-state index in [1.807, 2.05) is 29.9 Å². The second kappa shape index (κ2) is 5.42. The maximum Gasteiger partial charge on any atom is 0.133 e. The third kappa shape index (κ3) is 2.62. The predicted molar refractivity (Wildman–Crippen MR) is 74.9 cm³/mol. The third-order valence-electron chi connectivity index (χ3n) is 3.00. The number of thiophene rings is 1. The molecular formula is C14H15N3OS. The molecule has 0 spiro atoms. The van der Waals surface area contributed by atoms with Crippen molar-refractivity contribution in [3.05, 3.63) is 64.8 Å². The quantitative estimate of drug-likeness (QED) is 0.777. The van der Waals surface area contributed by atoms with Crippen LogP contribution in [0.2, 0.25) is 0 Å². The smallest absolute Gasteiger partial charge is 0.133 e. The van der Waals surface area contributed by atoms with Gasteiger partial charge in [-0.3, -0.25) is 5.32 Å². The second-order valence-corrected chi connectivity index (χ2v) is 5.34. The molecule has 0 aliphatic rings. The van der Waals surface area contributed by atoms with Crippen molar-refractivity contribution in [1.82, 2.24) is 14.9 Å². The Morgan fingerprint density at radius 2 is 2.37 bits per heavy atom. The molecule has 0 aliphatic carbocycles. The predicted octanol–water partition coefficient (Wildman–Crippen LogP) is 2.95. The first-order chi connectivity index (χ1) is 9.34. The van der Waals surface area contributed by atoms with Crippen molar-refractivity contribution in [2.75, 3.05) is 0 Å². The number of nitrogens with zero attached hydrogens (tertiary/aromatic N) is 2. The number of furan rings is 1. The fourth-order valence-electron chi connectivity index (χ4n) is 2.05. The maximum absolute atomic E-state index is 5.53. The molecule has 0 amide bonds. The van der Waals surface area contributed by atoms with E-state index in [1.54, 1.807) is 23.8 Å². The third-order valence-corrected chi connectivity index (χ3v) is 3.88. The fourth-order valence-corrected chi connectivity index (χ4v) is 2.70. The van der Waals surface area contributed by atoms with Gasteiger partial charge >= 0.3 is 0 Å². The summed E-state index contributed by atoms with van der Waals surface area (Å²) in [5.41, 5.74) is 0. The van der Waals surface area contributed by atoms with E-state index in [2.05, 4.69) is 27.8 Å². The highest BCUT2D eigenvalue weighted by Gasteiger charge is 2.20. The van der Waals surface area contributed by atoms with Crippen molar-refractivity contribution in [2.24, 2.45) is 7.05 Å². The largest absolute Gasteiger partial charge is 0.467 e. The number of imidazole rings is 1. The molecule has 1 unspecified atom stereocenters. The van der Waals surface area contributed by atoms with E-state index in [-0.39, 0.29) is 6.04 Å². The highest BCUT2D eigenvalue weighted by molar-refractivity contribution is 7.09. The van der Waals surface area contributed by atoms with E-state index in [1.165, 1.54) is 4.88 Å². The van der Waals surface area contributed by atoms with Gasteiger partial charge in [-0.25, -0.2) is 4.98 Å². The highest BCUT2D eigenvalue weighted by Crippen LogP contribution is 2.22. The van der Waals surface area contributed by atoms with Crippen molar-refractivity contribution in [2.45, 2.75) is 12.6 Å². The number of rotatable bonds is 5. The summed E-state index contributed by atoms with van der Waals surface area (Å²) < 4.78 is 7.54. The minimum absolute atomic E-state index is 0.0305. The Hall–Kier alpha value is -1.85. The summed E-state index contributed by atoms with van der Waals surface area (Å²) >= 11 is 1.74. The molecule has 4 nitrogen and oxygen atoms in total. The Balaban J connectivity index is 1.83. The average molecular weight is 273 g/mol. The molecule has 0 aromatic carbocycles. The van der Waals surface area contributed by atoms with Crippen LogP contribution < -0.4 is 5.32 Å². The first-order valence-electron chi connectivity index (χ1n) is 6.11. The molecular weight excluding hydrogens is 258 g/mol. The van der Waals surface area contributed by atoms with Crippen LogP contribution in [-0.4, -0.2) is 9.55 Å². The van der Waals surface area contributed by atoms with Gasteiger partial charge in [0.1, 0.15) is 17.6 Å². The molecule has 3 aromatic heterocycles. The van der Waals surface area contributed by atoms with Crippen molar-refractivity contribution in [1.29, 1.82) is 0 Å².